The van der Waals surface area contributed by atoms with Crippen LogP contribution in [0.2, 0.25) is 0 Å². The largest absolute Gasteiger partial charge is 0.508 e. The molecule has 6 heteroatoms. The zero-order valence-electron chi connectivity index (χ0n) is 19.6. The Morgan fingerprint density at radius 3 is 2.56 bits per heavy atom. The van der Waals surface area contributed by atoms with Gasteiger partial charge in [-0.05, 0) is 69.3 Å². The molecule has 0 aliphatic carbocycles. The summed E-state index contributed by atoms with van der Waals surface area (Å²) in [5.74, 6) is 0.905. The van der Waals surface area contributed by atoms with Gasteiger partial charge >= 0.3 is 0 Å². The Hall–Kier alpha value is -2.96. The van der Waals surface area contributed by atoms with Crippen LogP contribution in [0.15, 0.2) is 60.8 Å². The molecule has 32 heavy (non-hydrogen) atoms. The van der Waals surface area contributed by atoms with E-state index >= 15 is 0 Å². The van der Waals surface area contributed by atoms with Crippen molar-refractivity contribution in [2.75, 3.05) is 32.0 Å². The monoisotopic (exact) mass is 433 g/mol. The van der Waals surface area contributed by atoms with Crippen LogP contribution >= 0.6 is 0 Å². The number of aromatic hydroxyl groups is 1. The van der Waals surface area contributed by atoms with Crippen LogP contribution in [0.4, 0.5) is 5.95 Å². The van der Waals surface area contributed by atoms with Gasteiger partial charge in [-0.25, -0.2) is 9.97 Å². The van der Waals surface area contributed by atoms with Gasteiger partial charge in [-0.1, -0.05) is 37.3 Å². The zero-order valence-corrected chi connectivity index (χ0v) is 19.6. The van der Waals surface area contributed by atoms with E-state index in [1.54, 1.807) is 18.3 Å². The van der Waals surface area contributed by atoms with Gasteiger partial charge in [0.15, 0.2) is 0 Å². The lowest BCUT2D eigenvalue weighted by molar-refractivity contribution is 0.145. The zero-order chi connectivity index (χ0) is 23.0. The van der Waals surface area contributed by atoms with Gasteiger partial charge in [0.25, 0.3) is 0 Å². The van der Waals surface area contributed by atoms with Crippen molar-refractivity contribution in [2.24, 2.45) is 0 Å². The predicted molar refractivity (Wildman–Crippen MR) is 132 cm³/mol. The van der Waals surface area contributed by atoms with Crippen LogP contribution in [-0.4, -0.2) is 52.2 Å². The summed E-state index contributed by atoms with van der Waals surface area (Å²) in [5, 5.41) is 16.2. The van der Waals surface area contributed by atoms with E-state index in [9.17, 15) is 5.11 Å². The minimum absolute atomic E-state index is 0.0650. The van der Waals surface area contributed by atoms with Crippen molar-refractivity contribution in [3.8, 4) is 17.0 Å². The first-order valence-corrected chi connectivity index (χ1v) is 11.2. The third kappa shape index (κ3) is 6.77. The number of likely N-dealkylation sites (N-methyl/N-ethyl adjacent to an activating group) is 2. The number of rotatable bonds is 11. The summed E-state index contributed by atoms with van der Waals surface area (Å²) in [4.78, 5) is 11.5. The molecule has 0 fully saturated rings. The molecule has 0 radical (unpaired) electrons. The number of benzene rings is 2. The number of aromatic nitrogens is 2. The van der Waals surface area contributed by atoms with Gasteiger partial charge in [-0.3, -0.25) is 4.90 Å². The van der Waals surface area contributed by atoms with Crippen LogP contribution < -0.4 is 10.6 Å². The fourth-order valence-corrected chi connectivity index (χ4v) is 3.47. The van der Waals surface area contributed by atoms with Crippen LogP contribution in [0, 0.1) is 0 Å². The highest BCUT2D eigenvalue weighted by atomic mass is 16.3. The summed E-state index contributed by atoms with van der Waals surface area (Å²) in [5.41, 5.74) is 4.47. The van der Waals surface area contributed by atoms with E-state index in [1.165, 1.54) is 5.56 Å². The lowest BCUT2D eigenvalue weighted by atomic mass is 10.0. The molecule has 1 heterocycles. The second-order valence-electron chi connectivity index (χ2n) is 8.76. The molecular formula is C26H35N5O. The van der Waals surface area contributed by atoms with Crippen molar-refractivity contribution in [2.45, 2.75) is 39.3 Å². The third-order valence-electron chi connectivity index (χ3n) is 5.77. The quantitative estimate of drug-likeness (QED) is 0.418. The molecule has 3 rings (SSSR count). The number of hydrogen-bond donors (Lipinski definition) is 3. The molecule has 0 bridgehead atoms. The van der Waals surface area contributed by atoms with Gasteiger partial charge in [0, 0.05) is 36.9 Å². The van der Waals surface area contributed by atoms with Crippen molar-refractivity contribution >= 4 is 5.95 Å². The number of phenols is 1. The average molecular weight is 434 g/mol. The first-order chi connectivity index (χ1) is 15.4. The van der Waals surface area contributed by atoms with E-state index in [1.807, 2.05) is 18.2 Å². The molecule has 0 saturated heterocycles. The highest BCUT2D eigenvalue weighted by molar-refractivity contribution is 5.61. The van der Waals surface area contributed by atoms with E-state index in [0.717, 1.165) is 49.4 Å². The van der Waals surface area contributed by atoms with Crippen molar-refractivity contribution in [3.63, 3.8) is 0 Å². The molecule has 3 aromatic rings. The van der Waals surface area contributed by atoms with Crippen LogP contribution in [0.25, 0.3) is 11.3 Å². The van der Waals surface area contributed by atoms with Crippen LogP contribution in [-0.2, 0) is 13.0 Å². The van der Waals surface area contributed by atoms with Crippen molar-refractivity contribution in [3.05, 3.63) is 71.9 Å². The van der Waals surface area contributed by atoms with Crippen LogP contribution in [0.1, 0.15) is 31.9 Å². The van der Waals surface area contributed by atoms with Crippen molar-refractivity contribution in [1.29, 1.82) is 0 Å². The van der Waals surface area contributed by atoms with E-state index in [-0.39, 0.29) is 11.3 Å². The Morgan fingerprint density at radius 2 is 1.81 bits per heavy atom. The lowest BCUT2D eigenvalue weighted by Gasteiger charge is -2.36. The standard InChI is InChI=1S/C26H35N5O/c1-5-27-19-26(2,3)31(4)18-21-7-6-8-22(17-21)24-14-16-29-25(30-24)28-15-13-20-9-11-23(32)12-10-20/h6-12,14,16-17,27,32H,5,13,15,18-19H2,1-4H3,(H,28,29,30). The molecule has 0 spiro atoms. The van der Waals surface area contributed by atoms with Gasteiger partial charge in [0.05, 0.1) is 5.69 Å². The number of anilines is 1. The number of nitrogens with zero attached hydrogens (tertiary/aromatic N) is 3. The van der Waals surface area contributed by atoms with Gasteiger partial charge in [0.2, 0.25) is 5.95 Å². The highest BCUT2D eigenvalue weighted by Gasteiger charge is 2.22. The molecule has 0 saturated carbocycles. The first kappa shape index (κ1) is 23.7. The summed E-state index contributed by atoms with van der Waals surface area (Å²) < 4.78 is 0. The normalized spacial score (nSPS) is 11.7. The molecule has 0 aliphatic rings. The minimum Gasteiger partial charge on any atom is -0.508 e. The van der Waals surface area contributed by atoms with E-state index in [4.69, 9.17) is 4.98 Å². The molecule has 0 amide bonds. The Morgan fingerprint density at radius 1 is 1.03 bits per heavy atom. The fourth-order valence-electron chi connectivity index (χ4n) is 3.47. The second-order valence-corrected chi connectivity index (χ2v) is 8.76. The summed E-state index contributed by atoms with van der Waals surface area (Å²) in [6.45, 7) is 10.2. The van der Waals surface area contributed by atoms with Gasteiger partial charge in [-0.15, -0.1) is 0 Å². The third-order valence-corrected chi connectivity index (χ3v) is 5.77. The topological polar surface area (TPSA) is 73.3 Å². The van der Waals surface area contributed by atoms with E-state index < -0.39 is 0 Å². The average Bonchev–Trinajstić information content (AvgIpc) is 2.79. The number of phenolic OH excluding ortho intramolecular Hbond substituents is 1. The molecule has 0 atom stereocenters. The summed E-state index contributed by atoms with van der Waals surface area (Å²) in [7, 11) is 2.17. The van der Waals surface area contributed by atoms with E-state index in [0.29, 0.717) is 5.95 Å². The minimum atomic E-state index is 0.0650. The molecule has 0 unspecified atom stereocenters. The first-order valence-electron chi connectivity index (χ1n) is 11.2. The molecular weight excluding hydrogens is 398 g/mol. The highest BCUT2D eigenvalue weighted by Crippen LogP contribution is 2.22. The van der Waals surface area contributed by atoms with Crippen molar-refractivity contribution < 1.29 is 5.11 Å². The molecule has 3 N–H and O–H groups in total. The summed E-state index contributed by atoms with van der Waals surface area (Å²) >= 11 is 0. The summed E-state index contributed by atoms with van der Waals surface area (Å²) in [6.07, 6.45) is 2.63. The van der Waals surface area contributed by atoms with Gasteiger partial charge in [-0.2, -0.15) is 0 Å². The predicted octanol–water partition coefficient (Wildman–Crippen LogP) is 4.32. The van der Waals surface area contributed by atoms with Crippen LogP contribution in [0.5, 0.6) is 5.75 Å². The van der Waals surface area contributed by atoms with Gasteiger partial charge in [0.1, 0.15) is 5.75 Å². The molecule has 2 aromatic carbocycles. The SMILES string of the molecule is CCNCC(C)(C)N(C)Cc1cccc(-c2ccnc(NCCc3ccc(O)cc3)n2)c1. The molecule has 6 nitrogen and oxygen atoms in total. The van der Waals surface area contributed by atoms with Gasteiger partial charge < -0.3 is 15.7 Å². The van der Waals surface area contributed by atoms with Crippen LogP contribution in [0.3, 0.4) is 0 Å². The lowest BCUT2D eigenvalue weighted by Crippen LogP contribution is -2.48. The number of hydrogen-bond acceptors (Lipinski definition) is 6. The maximum atomic E-state index is 9.40. The van der Waals surface area contributed by atoms with E-state index in [2.05, 4.69) is 72.6 Å². The van der Waals surface area contributed by atoms with Crippen molar-refractivity contribution in [1.82, 2.24) is 20.2 Å². The Bertz CT molecular complexity index is 988. The molecule has 0 aliphatic heterocycles. The fraction of sp³-hybridized carbons (Fsp3) is 0.385. The second kappa shape index (κ2) is 11.1. The number of nitrogens with one attached hydrogen (secondary N) is 2. The summed E-state index contributed by atoms with van der Waals surface area (Å²) in [6, 6.07) is 17.8. The molecule has 1 aromatic heterocycles. The Labute approximate surface area is 191 Å². The maximum absolute atomic E-state index is 9.40. The Balaban J connectivity index is 1.63. The Kier molecular flexibility index (Phi) is 8.20. The molecule has 170 valence electrons. The smallest absolute Gasteiger partial charge is 0.223 e. The maximum Gasteiger partial charge on any atom is 0.223 e.